The molecule has 1 atom stereocenters. The van der Waals surface area contributed by atoms with Crippen LogP contribution in [-0.4, -0.2) is 48.1 Å². The highest BCUT2D eigenvalue weighted by Gasteiger charge is 2.38. The normalized spacial score (nSPS) is 26.1. The average molecular weight is 290 g/mol. The summed E-state index contributed by atoms with van der Waals surface area (Å²) in [6.07, 6.45) is 7.72. The molecular formula is C17H26N2S. The van der Waals surface area contributed by atoms with Gasteiger partial charge in [0.1, 0.15) is 0 Å². The molecule has 0 bridgehead atoms. The van der Waals surface area contributed by atoms with Gasteiger partial charge in [-0.15, -0.1) is 0 Å². The van der Waals surface area contributed by atoms with Crippen LogP contribution in [0.3, 0.4) is 0 Å². The van der Waals surface area contributed by atoms with Crippen LogP contribution < -0.4 is 5.32 Å². The van der Waals surface area contributed by atoms with Crippen molar-refractivity contribution >= 4 is 11.8 Å². The first-order valence-electron chi connectivity index (χ1n) is 7.84. The zero-order valence-corrected chi connectivity index (χ0v) is 13.3. The van der Waals surface area contributed by atoms with E-state index in [0.717, 1.165) is 13.0 Å². The fourth-order valence-electron chi connectivity index (χ4n) is 3.48. The van der Waals surface area contributed by atoms with Gasteiger partial charge in [-0.3, -0.25) is 4.90 Å². The first-order chi connectivity index (χ1) is 9.80. The molecule has 2 fully saturated rings. The van der Waals surface area contributed by atoms with Gasteiger partial charge in [0.2, 0.25) is 0 Å². The molecule has 1 aromatic rings. The van der Waals surface area contributed by atoms with Crippen LogP contribution in [0, 0.1) is 0 Å². The van der Waals surface area contributed by atoms with E-state index in [9.17, 15) is 0 Å². The Hall–Kier alpha value is -0.510. The van der Waals surface area contributed by atoms with Crippen LogP contribution in [0.15, 0.2) is 30.3 Å². The lowest BCUT2D eigenvalue weighted by molar-refractivity contribution is 0.157. The van der Waals surface area contributed by atoms with E-state index in [1.807, 2.05) is 0 Å². The van der Waals surface area contributed by atoms with Gasteiger partial charge in [0.25, 0.3) is 0 Å². The van der Waals surface area contributed by atoms with Crippen molar-refractivity contribution in [1.29, 1.82) is 0 Å². The second-order valence-corrected chi connectivity index (χ2v) is 7.59. The highest BCUT2D eigenvalue weighted by Crippen LogP contribution is 2.43. The van der Waals surface area contributed by atoms with Crippen molar-refractivity contribution in [3.63, 3.8) is 0 Å². The Labute approximate surface area is 127 Å². The molecule has 3 rings (SSSR count). The summed E-state index contributed by atoms with van der Waals surface area (Å²) in [5.74, 6) is 0. The fourth-order valence-corrected chi connectivity index (χ4v) is 4.49. The molecule has 1 aliphatic heterocycles. The second-order valence-electron chi connectivity index (χ2n) is 6.32. The van der Waals surface area contributed by atoms with Crippen molar-refractivity contribution in [2.24, 2.45) is 0 Å². The van der Waals surface area contributed by atoms with Crippen molar-refractivity contribution < 1.29 is 0 Å². The lowest BCUT2D eigenvalue weighted by Gasteiger charge is -2.46. The zero-order valence-electron chi connectivity index (χ0n) is 12.5. The maximum atomic E-state index is 3.69. The topological polar surface area (TPSA) is 15.3 Å². The molecule has 20 heavy (non-hydrogen) atoms. The van der Waals surface area contributed by atoms with Gasteiger partial charge in [0, 0.05) is 37.0 Å². The third-order valence-electron chi connectivity index (χ3n) is 4.87. The maximum Gasteiger partial charge on any atom is 0.0284 e. The number of thioether (sulfide) groups is 1. The number of piperazine rings is 1. The summed E-state index contributed by atoms with van der Waals surface area (Å²) in [5, 5.41) is 3.69. The van der Waals surface area contributed by atoms with Crippen LogP contribution in [0.25, 0.3) is 0 Å². The average Bonchev–Trinajstić information content (AvgIpc) is 2.44. The number of hydrogen-bond acceptors (Lipinski definition) is 3. The number of nitrogens with zero attached hydrogens (tertiary/aromatic N) is 1. The summed E-state index contributed by atoms with van der Waals surface area (Å²) < 4.78 is 0.578. The SMILES string of the molecule is CSC1(CN2CCNC(Cc3ccccc3)C2)CCC1. The molecule has 1 saturated heterocycles. The molecule has 1 saturated carbocycles. The van der Waals surface area contributed by atoms with Gasteiger partial charge in [-0.25, -0.2) is 0 Å². The number of nitrogens with one attached hydrogen (secondary N) is 1. The van der Waals surface area contributed by atoms with E-state index in [1.165, 1.54) is 44.5 Å². The number of rotatable bonds is 5. The summed E-state index contributed by atoms with van der Waals surface area (Å²) in [7, 11) is 0. The molecule has 3 heteroatoms. The third-order valence-corrected chi connectivity index (χ3v) is 6.28. The first kappa shape index (κ1) is 14.4. The number of hydrogen-bond donors (Lipinski definition) is 1. The minimum Gasteiger partial charge on any atom is -0.311 e. The molecular weight excluding hydrogens is 264 g/mol. The zero-order chi connectivity index (χ0) is 13.8. The molecule has 2 nitrogen and oxygen atoms in total. The van der Waals surface area contributed by atoms with Crippen molar-refractivity contribution in [2.45, 2.75) is 36.5 Å². The summed E-state index contributed by atoms with van der Waals surface area (Å²) in [6.45, 7) is 4.86. The summed E-state index contributed by atoms with van der Waals surface area (Å²) in [6, 6.07) is 11.5. The molecule has 1 heterocycles. The van der Waals surface area contributed by atoms with Crippen LogP contribution in [0.4, 0.5) is 0 Å². The fraction of sp³-hybridized carbons (Fsp3) is 0.647. The van der Waals surface area contributed by atoms with E-state index in [2.05, 4.69) is 58.6 Å². The Balaban J connectivity index is 1.54. The molecule has 0 spiro atoms. The lowest BCUT2D eigenvalue weighted by Crippen LogP contribution is -2.56. The molecule has 110 valence electrons. The van der Waals surface area contributed by atoms with Gasteiger partial charge in [0.15, 0.2) is 0 Å². The molecule has 1 N–H and O–H groups in total. The summed E-state index contributed by atoms with van der Waals surface area (Å²) in [5.41, 5.74) is 1.45. The highest BCUT2D eigenvalue weighted by atomic mass is 32.2. The van der Waals surface area contributed by atoms with E-state index in [-0.39, 0.29) is 0 Å². The van der Waals surface area contributed by atoms with E-state index in [4.69, 9.17) is 0 Å². The molecule has 0 radical (unpaired) electrons. The van der Waals surface area contributed by atoms with Gasteiger partial charge >= 0.3 is 0 Å². The van der Waals surface area contributed by atoms with Crippen molar-refractivity contribution in [3.05, 3.63) is 35.9 Å². The Kier molecular flexibility index (Phi) is 4.69. The third kappa shape index (κ3) is 3.38. The Morgan fingerprint density at radius 1 is 1.30 bits per heavy atom. The van der Waals surface area contributed by atoms with E-state index >= 15 is 0 Å². The second kappa shape index (κ2) is 6.50. The molecule has 2 aliphatic rings. The summed E-state index contributed by atoms with van der Waals surface area (Å²) in [4.78, 5) is 2.69. The molecule has 1 aromatic carbocycles. The largest absolute Gasteiger partial charge is 0.311 e. The van der Waals surface area contributed by atoms with E-state index in [1.54, 1.807) is 0 Å². The van der Waals surface area contributed by atoms with Gasteiger partial charge in [-0.2, -0.15) is 11.8 Å². The minimum atomic E-state index is 0.578. The highest BCUT2D eigenvalue weighted by molar-refractivity contribution is 8.00. The monoisotopic (exact) mass is 290 g/mol. The van der Waals surface area contributed by atoms with Gasteiger partial charge in [-0.1, -0.05) is 36.8 Å². The predicted molar refractivity (Wildman–Crippen MR) is 88.5 cm³/mol. The molecule has 1 unspecified atom stereocenters. The molecule has 0 aromatic heterocycles. The Morgan fingerprint density at radius 3 is 2.75 bits per heavy atom. The van der Waals surface area contributed by atoms with Gasteiger partial charge < -0.3 is 5.32 Å². The van der Waals surface area contributed by atoms with Crippen LogP contribution in [0.1, 0.15) is 24.8 Å². The number of benzene rings is 1. The molecule has 0 amide bonds. The minimum absolute atomic E-state index is 0.578. The van der Waals surface area contributed by atoms with Crippen LogP contribution in [-0.2, 0) is 6.42 Å². The Morgan fingerprint density at radius 2 is 2.10 bits per heavy atom. The van der Waals surface area contributed by atoms with Crippen LogP contribution in [0.2, 0.25) is 0 Å². The smallest absolute Gasteiger partial charge is 0.0284 e. The van der Waals surface area contributed by atoms with Gasteiger partial charge in [0.05, 0.1) is 0 Å². The van der Waals surface area contributed by atoms with Gasteiger partial charge in [-0.05, 0) is 31.1 Å². The molecule has 1 aliphatic carbocycles. The van der Waals surface area contributed by atoms with Crippen molar-refractivity contribution in [1.82, 2.24) is 10.2 Å². The van der Waals surface area contributed by atoms with Crippen molar-refractivity contribution in [2.75, 3.05) is 32.4 Å². The first-order valence-corrected chi connectivity index (χ1v) is 9.07. The van der Waals surface area contributed by atoms with Crippen LogP contribution >= 0.6 is 11.8 Å². The Bertz CT molecular complexity index is 411. The van der Waals surface area contributed by atoms with Crippen LogP contribution in [0.5, 0.6) is 0 Å². The van der Waals surface area contributed by atoms with E-state index in [0.29, 0.717) is 10.8 Å². The lowest BCUT2D eigenvalue weighted by atomic mass is 9.83. The van der Waals surface area contributed by atoms with E-state index < -0.39 is 0 Å². The van der Waals surface area contributed by atoms with Crippen molar-refractivity contribution in [3.8, 4) is 0 Å². The quantitative estimate of drug-likeness (QED) is 0.898. The standard InChI is InChI=1S/C17H26N2S/c1-20-17(8-5-9-17)14-19-11-10-18-16(13-19)12-15-6-3-2-4-7-15/h2-4,6-7,16,18H,5,8-14H2,1H3. The maximum absolute atomic E-state index is 3.69. The summed E-state index contributed by atoms with van der Waals surface area (Å²) >= 11 is 2.10. The predicted octanol–water partition coefficient (Wildman–Crippen LogP) is 2.79.